The van der Waals surface area contributed by atoms with Crippen LogP contribution in [0.15, 0.2) is 29.8 Å². The average molecular weight is 276 g/mol. The summed E-state index contributed by atoms with van der Waals surface area (Å²) in [6.07, 6.45) is 4.99. The van der Waals surface area contributed by atoms with Gasteiger partial charge in [-0.2, -0.15) is 5.10 Å². The summed E-state index contributed by atoms with van der Waals surface area (Å²) in [5.41, 5.74) is 0.884. The molecule has 2 aromatic rings. The SMILES string of the molecule is CC(C)n1ccc(CC(=O)CCCc2cccs2)n1. The number of hydrogen-bond acceptors (Lipinski definition) is 3. The summed E-state index contributed by atoms with van der Waals surface area (Å²) in [7, 11) is 0. The van der Waals surface area contributed by atoms with Gasteiger partial charge in [0, 0.05) is 23.5 Å². The number of thiophene rings is 1. The van der Waals surface area contributed by atoms with Crippen LogP contribution in [-0.4, -0.2) is 15.6 Å². The van der Waals surface area contributed by atoms with Gasteiger partial charge in [0.1, 0.15) is 5.78 Å². The third kappa shape index (κ3) is 4.31. The fourth-order valence-electron chi connectivity index (χ4n) is 1.96. The van der Waals surface area contributed by atoms with Crippen molar-refractivity contribution in [2.24, 2.45) is 0 Å². The highest BCUT2D eigenvalue weighted by Crippen LogP contribution is 2.13. The van der Waals surface area contributed by atoms with E-state index >= 15 is 0 Å². The molecule has 0 radical (unpaired) electrons. The number of carbonyl (C=O) groups excluding carboxylic acids is 1. The van der Waals surface area contributed by atoms with Crippen molar-refractivity contribution < 1.29 is 4.79 Å². The minimum absolute atomic E-state index is 0.283. The molecule has 0 bridgehead atoms. The van der Waals surface area contributed by atoms with Crippen LogP contribution in [0.1, 0.15) is 43.3 Å². The third-order valence-corrected chi connectivity index (χ3v) is 3.97. The third-order valence-electron chi connectivity index (χ3n) is 3.03. The second kappa shape index (κ2) is 6.66. The zero-order valence-corrected chi connectivity index (χ0v) is 12.3. The van der Waals surface area contributed by atoms with E-state index in [0.29, 0.717) is 18.9 Å². The lowest BCUT2D eigenvalue weighted by atomic mass is 10.1. The van der Waals surface area contributed by atoms with E-state index in [1.165, 1.54) is 4.88 Å². The van der Waals surface area contributed by atoms with Gasteiger partial charge in [0.05, 0.1) is 12.1 Å². The zero-order valence-electron chi connectivity index (χ0n) is 11.5. The van der Waals surface area contributed by atoms with E-state index in [4.69, 9.17) is 0 Å². The monoisotopic (exact) mass is 276 g/mol. The Morgan fingerprint density at radius 3 is 2.89 bits per heavy atom. The molecule has 2 aromatic heterocycles. The Morgan fingerprint density at radius 2 is 2.26 bits per heavy atom. The van der Waals surface area contributed by atoms with Crippen molar-refractivity contribution in [3.63, 3.8) is 0 Å². The summed E-state index contributed by atoms with van der Waals surface area (Å²) >= 11 is 1.76. The van der Waals surface area contributed by atoms with Gasteiger partial charge in [0.25, 0.3) is 0 Å². The first-order chi connectivity index (χ1) is 9.15. The summed E-state index contributed by atoms with van der Waals surface area (Å²) in [6, 6.07) is 6.47. The van der Waals surface area contributed by atoms with Crippen molar-refractivity contribution in [2.75, 3.05) is 0 Å². The zero-order chi connectivity index (χ0) is 13.7. The molecule has 0 unspecified atom stereocenters. The molecule has 19 heavy (non-hydrogen) atoms. The summed E-state index contributed by atoms with van der Waals surface area (Å²) in [5.74, 6) is 0.283. The maximum Gasteiger partial charge on any atom is 0.138 e. The van der Waals surface area contributed by atoms with Crippen molar-refractivity contribution in [3.05, 3.63) is 40.3 Å². The lowest BCUT2D eigenvalue weighted by molar-refractivity contribution is -0.118. The number of aryl methyl sites for hydroxylation is 1. The molecule has 2 heterocycles. The van der Waals surface area contributed by atoms with E-state index in [1.54, 1.807) is 11.3 Å². The molecule has 0 aliphatic rings. The van der Waals surface area contributed by atoms with E-state index in [2.05, 4.69) is 36.5 Å². The van der Waals surface area contributed by atoms with Gasteiger partial charge >= 0.3 is 0 Å². The van der Waals surface area contributed by atoms with E-state index in [-0.39, 0.29) is 5.78 Å². The number of carbonyl (C=O) groups is 1. The van der Waals surface area contributed by atoms with Gasteiger partial charge in [-0.25, -0.2) is 0 Å². The molecule has 0 saturated heterocycles. The highest BCUT2D eigenvalue weighted by molar-refractivity contribution is 7.09. The number of Topliss-reactive ketones (excluding diaryl/α,β-unsaturated/α-hetero) is 1. The molecule has 4 heteroatoms. The molecule has 0 amide bonds. The average Bonchev–Trinajstić information content (AvgIpc) is 3.00. The topological polar surface area (TPSA) is 34.9 Å². The molecule has 0 aromatic carbocycles. The predicted octanol–water partition coefficient (Wildman–Crippen LogP) is 3.66. The molecule has 2 rings (SSSR count). The van der Waals surface area contributed by atoms with Crippen LogP contribution >= 0.6 is 11.3 Å². The Hall–Kier alpha value is -1.42. The number of hydrogen-bond donors (Lipinski definition) is 0. The van der Waals surface area contributed by atoms with Crippen LogP contribution in [0.2, 0.25) is 0 Å². The van der Waals surface area contributed by atoms with Crippen LogP contribution in [0, 0.1) is 0 Å². The Balaban J connectivity index is 1.74. The summed E-state index contributed by atoms with van der Waals surface area (Å²) < 4.78 is 1.90. The maximum atomic E-state index is 11.9. The second-order valence-electron chi connectivity index (χ2n) is 5.03. The first kappa shape index (κ1) is 14.0. The normalized spacial score (nSPS) is 11.1. The van der Waals surface area contributed by atoms with Crippen molar-refractivity contribution in [1.29, 1.82) is 0 Å². The lowest BCUT2D eigenvalue weighted by Gasteiger charge is -2.03. The van der Waals surface area contributed by atoms with Gasteiger partial charge in [-0.3, -0.25) is 9.48 Å². The Labute approximate surface area is 118 Å². The van der Waals surface area contributed by atoms with E-state index in [0.717, 1.165) is 18.5 Å². The molecule has 0 fully saturated rings. The van der Waals surface area contributed by atoms with Gasteiger partial charge in [0.2, 0.25) is 0 Å². The molecule has 0 aliphatic heterocycles. The highest BCUT2D eigenvalue weighted by Gasteiger charge is 2.08. The van der Waals surface area contributed by atoms with Crippen molar-refractivity contribution >= 4 is 17.1 Å². The standard InChI is InChI=1S/C15H20N2OS/c1-12(2)17-9-8-13(16-17)11-14(18)5-3-6-15-7-4-10-19-15/h4,7-10,12H,3,5-6,11H2,1-2H3. The molecular weight excluding hydrogens is 256 g/mol. The Morgan fingerprint density at radius 1 is 1.42 bits per heavy atom. The fourth-order valence-corrected chi connectivity index (χ4v) is 2.72. The van der Waals surface area contributed by atoms with Crippen LogP contribution in [-0.2, 0) is 17.6 Å². The molecule has 0 atom stereocenters. The summed E-state index contributed by atoms with van der Waals surface area (Å²) in [4.78, 5) is 13.2. The van der Waals surface area contributed by atoms with E-state index < -0.39 is 0 Å². The van der Waals surface area contributed by atoms with E-state index in [9.17, 15) is 4.79 Å². The number of ketones is 1. The van der Waals surface area contributed by atoms with Crippen LogP contribution in [0.4, 0.5) is 0 Å². The Bertz CT molecular complexity index is 514. The van der Waals surface area contributed by atoms with Gasteiger partial charge in [0.15, 0.2) is 0 Å². The lowest BCUT2D eigenvalue weighted by Crippen LogP contribution is -2.06. The largest absolute Gasteiger partial charge is 0.299 e. The van der Waals surface area contributed by atoms with Gasteiger partial charge in [-0.05, 0) is 44.2 Å². The summed E-state index contributed by atoms with van der Waals surface area (Å²) in [6.45, 7) is 4.17. The van der Waals surface area contributed by atoms with Gasteiger partial charge in [-0.1, -0.05) is 6.07 Å². The quantitative estimate of drug-likeness (QED) is 0.773. The molecule has 0 aliphatic carbocycles. The van der Waals surface area contributed by atoms with Crippen LogP contribution in [0.3, 0.4) is 0 Å². The van der Waals surface area contributed by atoms with Crippen molar-refractivity contribution in [2.45, 2.75) is 45.6 Å². The predicted molar refractivity (Wildman–Crippen MR) is 78.6 cm³/mol. The van der Waals surface area contributed by atoms with E-state index in [1.807, 2.05) is 16.9 Å². The van der Waals surface area contributed by atoms with Crippen LogP contribution < -0.4 is 0 Å². The Kier molecular flexibility index (Phi) is 4.91. The number of nitrogens with zero attached hydrogens (tertiary/aromatic N) is 2. The fraction of sp³-hybridized carbons (Fsp3) is 0.467. The van der Waals surface area contributed by atoms with Gasteiger partial charge in [-0.15, -0.1) is 11.3 Å². The minimum Gasteiger partial charge on any atom is -0.299 e. The maximum absolute atomic E-state index is 11.9. The van der Waals surface area contributed by atoms with Gasteiger partial charge < -0.3 is 0 Å². The first-order valence-electron chi connectivity index (χ1n) is 6.73. The van der Waals surface area contributed by atoms with Crippen molar-refractivity contribution in [3.8, 4) is 0 Å². The second-order valence-corrected chi connectivity index (χ2v) is 6.06. The molecule has 0 spiro atoms. The minimum atomic E-state index is 0.283. The van der Waals surface area contributed by atoms with Crippen LogP contribution in [0.25, 0.3) is 0 Å². The molecule has 3 nitrogen and oxygen atoms in total. The molecule has 102 valence electrons. The smallest absolute Gasteiger partial charge is 0.138 e. The van der Waals surface area contributed by atoms with Crippen LogP contribution in [0.5, 0.6) is 0 Å². The summed E-state index contributed by atoms with van der Waals surface area (Å²) in [5, 5.41) is 6.48. The molecule has 0 saturated carbocycles. The number of aromatic nitrogens is 2. The highest BCUT2D eigenvalue weighted by atomic mass is 32.1. The number of rotatable bonds is 7. The molecule has 0 N–H and O–H groups in total. The molecular formula is C15H20N2OS. The van der Waals surface area contributed by atoms with Crippen molar-refractivity contribution in [1.82, 2.24) is 9.78 Å². The first-order valence-corrected chi connectivity index (χ1v) is 7.61.